The van der Waals surface area contributed by atoms with Gasteiger partial charge in [-0.15, -0.1) is 0 Å². The third-order valence-electron chi connectivity index (χ3n) is 0. The molecule has 0 spiro atoms. The standard InChI is InChI=1S/CH3O.ClH.Fe/c1-2;;/h1H3;1H;/q-1;;+2/p-1. The van der Waals surface area contributed by atoms with Crippen LogP contribution in [-0.4, -0.2) is 7.11 Å². The van der Waals surface area contributed by atoms with Crippen molar-refractivity contribution in [3.05, 3.63) is 0 Å². The van der Waals surface area contributed by atoms with Gasteiger partial charge in [0.25, 0.3) is 0 Å². The summed E-state index contributed by atoms with van der Waals surface area (Å²) in [6.07, 6.45) is 0. The Morgan fingerprint density at radius 2 is 1.75 bits per heavy atom. The molecular weight excluding hydrogens is 119 g/mol. The molecule has 28 valence electrons. The fourth-order valence-electron chi connectivity index (χ4n) is 0. The van der Waals surface area contributed by atoms with E-state index in [1.54, 1.807) is 0 Å². The van der Waals surface area contributed by atoms with Gasteiger partial charge in [-0.1, -0.05) is 0 Å². The molecule has 0 unspecified atom stereocenters. The molecule has 0 aromatic heterocycles. The van der Waals surface area contributed by atoms with Crippen LogP contribution in [0.2, 0.25) is 0 Å². The molecule has 0 amide bonds. The average Bonchev–Trinajstić information content (AvgIpc) is 0.918. The molecule has 0 fully saturated rings. The topological polar surface area (TPSA) is 9.23 Å². The van der Waals surface area contributed by atoms with E-state index in [0.29, 0.717) is 0 Å². The van der Waals surface area contributed by atoms with E-state index in [0.717, 1.165) is 0 Å². The summed E-state index contributed by atoms with van der Waals surface area (Å²) in [5, 5.41) is 0. The maximum Gasteiger partial charge on any atom is -1.00 e. The van der Waals surface area contributed by atoms with E-state index < -0.39 is 0 Å². The average molecular weight is 122 g/mol. The minimum atomic E-state index is 0. The smallest absolute Gasteiger partial charge is 1.00 e. The van der Waals surface area contributed by atoms with E-state index in [2.05, 4.69) is 20.2 Å². The first kappa shape index (κ1) is 8.84. The molecule has 0 aromatic rings. The van der Waals surface area contributed by atoms with E-state index in [4.69, 9.17) is 0 Å². The van der Waals surface area contributed by atoms with Crippen molar-refractivity contribution in [3.63, 3.8) is 0 Å². The fraction of sp³-hybridized carbons (Fsp3) is 1.00. The quantitative estimate of drug-likeness (QED) is 0.313. The van der Waals surface area contributed by atoms with Crippen LogP contribution in [0.4, 0.5) is 0 Å². The van der Waals surface area contributed by atoms with Crippen molar-refractivity contribution in [2.75, 3.05) is 7.11 Å². The minimum Gasteiger partial charge on any atom is -1.00 e. The van der Waals surface area contributed by atoms with Gasteiger partial charge in [0.2, 0.25) is 0 Å². The molecule has 3 heteroatoms. The maximum absolute atomic E-state index is 4.00. The first-order chi connectivity index (χ1) is 1.41. The summed E-state index contributed by atoms with van der Waals surface area (Å²) in [5.74, 6) is 0. The van der Waals surface area contributed by atoms with Gasteiger partial charge in [0.15, 0.2) is 0 Å². The molecule has 0 rings (SSSR count). The summed E-state index contributed by atoms with van der Waals surface area (Å²) >= 11 is 2.99. The molecule has 0 radical (unpaired) electrons. The number of hydrogen-bond donors (Lipinski definition) is 0. The first-order valence-corrected chi connectivity index (χ1v) is 1.00. The Bertz CT molecular complexity index is 8.00. The molecule has 0 aromatic carbocycles. The van der Waals surface area contributed by atoms with Crippen LogP contribution in [-0.2, 0) is 20.2 Å². The van der Waals surface area contributed by atoms with Gasteiger partial charge in [0.05, 0.1) is 0 Å². The maximum atomic E-state index is 4.00. The van der Waals surface area contributed by atoms with Crippen LogP contribution in [0.1, 0.15) is 0 Å². The summed E-state index contributed by atoms with van der Waals surface area (Å²) < 4.78 is 4.00. The summed E-state index contributed by atoms with van der Waals surface area (Å²) in [6.45, 7) is 0. The van der Waals surface area contributed by atoms with E-state index >= 15 is 0 Å². The van der Waals surface area contributed by atoms with Crippen LogP contribution in [0.15, 0.2) is 0 Å². The zero-order valence-electron chi connectivity index (χ0n) is 2.14. The fourth-order valence-corrected chi connectivity index (χ4v) is 0. The zero-order valence-corrected chi connectivity index (χ0v) is 4.00. The molecule has 0 aliphatic carbocycles. The summed E-state index contributed by atoms with van der Waals surface area (Å²) in [7, 11) is 1.51. The number of halogens is 1. The second kappa shape index (κ2) is 9.23. The SMILES string of the molecule is C[O][Fe+].[Cl-]. The Balaban J connectivity index is 0. The molecule has 4 heavy (non-hydrogen) atoms. The van der Waals surface area contributed by atoms with Crippen LogP contribution in [0.25, 0.3) is 0 Å². The van der Waals surface area contributed by atoms with Crippen molar-refractivity contribution in [3.8, 4) is 0 Å². The minimum absolute atomic E-state index is 0. The van der Waals surface area contributed by atoms with Gasteiger partial charge in [-0.25, -0.2) is 0 Å². The Kier molecular flexibility index (Phi) is 20.4. The van der Waals surface area contributed by atoms with Crippen molar-refractivity contribution >= 4 is 0 Å². The van der Waals surface area contributed by atoms with Crippen LogP contribution < -0.4 is 12.4 Å². The van der Waals surface area contributed by atoms with E-state index in [1.807, 2.05) is 0 Å². The Morgan fingerprint density at radius 3 is 1.75 bits per heavy atom. The van der Waals surface area contributed by atoms with Crippen LogP contribution in [0.3, 0.4) is 0 Å². The second-order valence-corrected chi connectivity index (χ2v) is 0.595. The van der Waals surface area contributed by atoms with Crippen molar-refractivity contribution in [2.45, 2.75) is 0 Å². The molecular formula is CH3ClFeO. The van der Waals surface area contributed by atoms with Gasteiger partial charge in [0.1, 0.15) is 0 Å². The zero-order chi connectivity index (χ0) is 2.71. The molecule has 0 aliphatic heterocycles. The third kappa shape index (κ3) is 14.6. The second-order valence-electron chi connectivity index (χ2n) is 0.144. The third-order valence-corrected chi connectivity index (χ3v) is 0. The number of hydrogen-bond acceptors (Lipinski definition) is 1. The van der Waals surface area contributed by atoms with Gasteiger partial charge in [-0.2, -0.15) is 0 Å². The molecule has 0 bridgehead atoms. The van der Waals surface area contributed by atoms with Crippen molar-refractivity contribution in [1.82, 2.24) is 0 Å². The van der Waals surface area contributed by atoms with E-state index in [-0.39, 0.29) is 12.4 Å². The normalized spacial score (nSPS) is 4.50. The van der Waals surface area contributed by atoms with Crippen LogP contribution in [0, 0.1) is 0 Å². The molecule has 0 aliphatic rings. The van der Waals surface area contributed by atoms with E-state index in [9.17, 15) is 0 Å². The van der Waals surface area contributed by atoms with Crippen molar-refractivity contribution < 1.29 is 32.6 Å². The summed E-state index contributed by atoms with van der Waals surface area (Å²) in [6, 6.07) is 0. The predicted molar refractivity (Wildman–Crippen MR) is 7.01 cm³/mol. The molecule has 0 atom stereocenters. The molecule has 0 saturated heterocycles. The van der Waals surface area contributed by atoms with Crippen LogP contribution in [0.5, 0.6) is 0 Å². The Labute approximate surface area is 40.3 Å². The Hall–Kier alpha value is 0.769. The van der Waals surface area contributed by atoms with Crippen molar-refractivity contribution in [2.24, 2.45) is 0 Å². The van der Waals surface area contributed by atoms with Gasteiger partial charge in [-0.3, -0.25) is 0 Å². The molecule has 0 N–H and O–H groups in total. The summed E-state index contributed by atoms with van der Waals surface area (Å²) in [5.41, 5.74) is 0. The molecule has 0 saturated carbocycles. The predicted octanol–water partition coefficient (Wildman–Crippen LogP) is -2.90. The monoisotopic (exact) mass is 122 g/mol. The van der Waals surface area contributed by atoms with Gasteiger partial charge >= 0.3 is 27.3 Å². The largest absolute Gasteiger partial charge is 1.00 e. The Morgan fingerprint density at radius 1 is 1.75 bits per heavy atom. The van der Waals surface area contributed by atoms with Gasteiger partial charge in [-0.05, 0) is 0 Å². The van der Waals surface area contributed by atoms with Gasteiger partial charge < -0.3 is 12.4 Å². The molecule has 0 heterocycles. The summed E-state index contributed by atoms with van der Waals surface area (Å²) in [4.78, 5) is 0. The van der Waals surface area contributed by atoms with Crippen LogP contribution >= 0.6 is 0 Å². The van der Waals surface area contributed by atoms with Gasteiger partial charge in [0, 0.05) is 0 Å². The van der Waals surface area contributed by atoms with Crippen molar-refractivity contribution in [1.29, 1.82) is 0 Å². The number of rotatable bonds is 0. The molecule has 1 nitrogen and oxygen atoms in total. The first-order valence-electron chi connectivity index (χ1n) is 0.553. The van der Waals surface area contributed by atoms with E-state index in [1.165, 1.54) is 7.11 Å².